The van der Waals surface area contributed by atoms with Gasteiger partial charge in [-0.15, -0.1) is 11.3 Å². The van der Waals surface area contributed by atoms with E-state index < -0.39 is 0 Å². The van der Waals surface area contributed by atoms with E-state index in [9.17, 15) is 9.59 Å². The van der Waals surface area contributed by atoms with Gasteiger partial charge in [0.1, 0.15) is 4.83 Å². The van der Waals surface area contributed by atoms with Crippen LogP contribution in [-0.4, -0.2) is 21.2 Å². The second-order valence-corrected chi connectivity index (χ2v) is 9.64. The van der Waals surface area contributed by atoms with E-state index in [4.69, 9.17) is 28.2 Å². The Bertz CT molecular complexity index is 1160. The van der Waals surface area contributed by atoms with Crippen molar-refractivity contribution in [2.75, 3.05) is 11.1 Å². The molecular weight excluding hydrogens is 449 g/mol. The first kappa shape index (κ1) is 20.7. The molecule has 0 radical (unpaired) electrons. The first-order valence-corrected chi connectivity index (χ1v) is 12.0. The minimum atomic E-state index is -0.198. The highest BCUT2D eigenvalue weighted by Gasteiger charge is 2.22. The highest BCUT2D eigenvalue weighted by Crippen LogP contribution is 2.34. The molecular formula is C20H19Cl2N3O2S2. The van der Waals surface area contributed by atoms with Crippen molar-refractivity contribution in [1.29, 1.82) is 0 Å². The normalized spacial score (nSPS) is 13.5. The van der Waals surface area contributed by atoms with Gasteiger partial charge in [-0.3, -0.25) is 14.2 Å². The summed E-state index contributed by atoms with van der Waals surface area (Å²) in [5.41, 5.74) is 1.77. The van der Waals surface area contributed by atoms with Gasteiger partial charge < -0.3 is 5.32 Å². The first-order valence-electron chi connectivity index (χ1n) is 9.40. The molecule has 0 atom stereocenters. The predicted octanol–water partition coefficient (Wildman–Crippen LogP) is 5.39. The summed E-state index contributed by atoms with van der Waals surface area (Å²) in [6.07, 6.45) is 4.26. The molecule has 1 aliphatic rings. The molecule has 4 rings (SSSR count). The maximum Gasteiger partial charge on any atom is 0.263 e. The van der Waals surface area contributed by atoms with Crippen molar-refractivity contribution in [3.8, 4) is 0 Å². The van der Waals surface area contributed by atoms with E-state index in [0.29, 0.717) is 27.4 Å². The van der Waals surface area contributed by atoms with E-state index in [2.05, 4.69) is 5.32 Å². The number of thiophene rings is 1. The van der Waals surface area contributed by atoms with Gasteiger partial charge in [0.15, 0.2) is 5.16 Å². The van der Waals surface area contributed by atoms with Crippen molar-refractivity contribution < 1.29 is 4.79 Å². The molecule has 9 heteroatoms. The lowest BCUT2D eigenvalue weighted by Gasteiger charge is -2.12. The molecule has 0 unspecified atom stereocenters. The standard InChI is InChI=1S/C20H19Cl2N3O2S2/c1-2-25-19(27)17-12-5-3-4-6-15(12)29-18(17)24-20(25)28-10-16(26)23-11-7-8-13(21)14(22)9-11/h7-9H,2-6,10H2,1H3,(H,23,26). The number of aromatic nitrogens is 2. The minimum absolute atomic E-state index is 0.00397. The zero-order chi connectivity index (χ0) is 20.5. The molecule has 1 N–H and O–H groups in total. The number of halogens is 2. The molecule has 5 nitrogen and oxygen atoms in total. The molecule has 1 aliphatic carbocycles. The predicted molar refractivity (Wildman–Crippen MR) is 122 cm³/mol. The Kier molecular flexibility index (Phi) is 6.20. The van der Waals surface area contributed by atoms with Crippen LogP contribution in [0.2, 0.25) is 10.0 Å². The molecule has 1 amide bonds. The monoisotopic (exact) mass is 467 g/mol. The molecule has 0 saturated heterocycles. The van der Waals surface area contributed by atoms with E-state index in [-0.39, 0.29) is 17.2 Å². The van der Waals surface area contributed by atoms with Crippen LogP contribution in [0, 0.1) is 0 Å². The first-order chi connectivity index (χ1) is 14.0. The van der Waals surface area contributed by atoms with Gasteiger partial charge in [-0.25, -0.2) is 4.98 Å². The molecule has 0 spiro atoms. The van der Waals surface area contributed by atoms with Gasteiger partial charge in [-0.2, -0.15) is 0 Å². The lowest BCUT2D eigenvalue weighted by atomic mass is 9.97. The summed E-state index contributed by atoms with van der Waals surface area (Å²) in [4.78, 5) is 32.3. The third-order valence-corrected chi connectivity index (χ3v) is 7.79. The summed E-state index contributed by atoms with van der Waals surface area (Å²) < 4.78 is 1.67. The van der Waals surface area contributed by atoms with Crippen molar-refractivity contribution in [2.45, 2.75) is 44.3 Å². The summed E-state index contributed by atoms with van der Waals surface area (Å²) in [6, 6.07) is 4.93. The van der Waals surface area contributed by atoms with Crippen molar-refractivity contribution in [3.05, 3.63) is 49.0 Å². The number of carbonyl (C=O) groups is 1. The number of nitrogens with one attached hydrogen (secondary N) is 1. The largest absolute Gasteiger partial charge is 0.325 e. The van der Waals surface area contributed by atoms with E-state index in [1.165, 1.54) is 22.2 Å². The highest BCUT2D eigenvalue weighted by atomic mass is 35.5. The number of benzene rings is 1. The van der Waals surface area contributed by atoms with Crippen LogP contribution in [0.15, 0.2) is 28.2 Å². The van der Waals surface area contributed by atoms with Gasteiger partial charge in [0.2, 0.25) is 5.91 Å². The average Bonchev–Trinajstić information content (AvgIpc) is 3.08. The SMILES string of the molecule is CCn1c(SCC(=O)Nc2ccc(Cl)c(Cl)c2)nc2sc3c(c2c1=O)CCCC3. The number of carbonyl (C=O) groups excluding carboxylic acids is 1. The maximum atomic E-state index is 13.1. The number of amides is 1. The van der Waals surface area contributed by atoms with Crippen LogP contribution in [0.25, 0.3) is 10.2 Å². The van der Waals surface area contributed by atoms with Gasteiger partial charge in [0.25, 0.3) is 5.56 Å². The van der Waals surface area contributed by atoms with Crippen molar-refractivity contribution in [1.82, 2.24) is 9.55 Å². The number of thioether (sulfide) groups is 1. The Morgan fingerprint density at radius 1 is 1.28 bits per heavy atom. The number of fused-ring (bicyclic) bond motifs is 3. The quantitative estimate of drug-likeness (QED) is 0.403. The number of hydrogen-bond acceptors (Lipinski definition) is 5. The number of hydrogen-bond donors (Lipinski definition) is 1. The third-order valence-electron chi connectivity index (χ3n) is 4.89. The fraction of sp³-hybridized carbons (Fsp3) is 0.350. The lowest BCUT2D eigenvalue weighted by Crippen LogP contribution is -2.24. The maximum absolute atomic E-state index is 13.1. The lowest BCUT2D eigenvalue weighted by molar-refractivity contribution is -0.113. The molecule has 0 fully saturated rings. The van der Waals surface area contributed by atoms with Crippen molar-refractivity contribution in [3.63, 3.8) is 0 Å². The van der Waals surface area contributed by atoms with Crippen molar-refractivity contribution in [2.24, 2.45) is 0 Å². The van der Waals surface area contributed by atoms with E-state index in [1.54, 1.807) is 34.1 Å². The van der Waals surface area contributed by atoms with Crippen LogP contribution in [0.1, 0.15) is 30.2 Å². The molecule has 3 aromatic rings. The fourth-order valence-corrected chi connectivity index (χ4v) is 5.97. The number of nitrogens with zero attached hydrogens (tertiary/aromatic N) is 2. The summed E-state index contributed by atoms with van der Waals surface area (Å²) in [6.45, 7) is 2.44. The van der Waals surface area contributed by atoms with Gasteiger partial charge in [-0.05, 0) is 56.4 Å². The summed E-state index contributed by atoms with van der Waals surface area (Å²) in [7, 11) is 0. The van der Waals surface area contributed by atoms with Gasteiger partial charge in [0.05, 0.1) is 21.2 Å². The zero-order valence-electron chi connectivity index (χ0n) is 15.8. The molecule has 152 valence electrons. The average molecular weight is 468 g/mol. The molecule has 0 saturated carbocycles. The topological polar surface area (TPSA) is 64.0 Å². The third kappa shape index (κ3) is 4.19. The molecule has 2 heterocycles. The smallest absolute Gasteiger partial charge is 0.263 e. The van der Waals surface area contributed by atoms with Crippen LogP contribution in [-0.2, 0) is 24.2 Å². The minimum Gasteiger partial charge on any atom is -0.325 e. The fourth-order valence-electron chi connectivity index (χ4n) is 3.51. The molecule has 2 aromatic heterocycles. The zero-order valence-corrected chi connectivity index (χ0v) is 18.9. The Morgan fingerprint density at radius 3 is 2.83 bits per heavy atom. The molecule has 29 heavy (non-hydrogen) atoms. The number of aryl methyl sites for hydroxylation is 2. The van der Waals surface area contributed by atoms with Crippen molar-refractivity contribution >= 4 is 68.1 Å². The summed E-state index contributed by atoms with van der Waals surface area (Å²) in [5, 5.41) is 4.96. The second kappa shape index (κ2) is 8.68. The Hall–Kier alpha value is -1.54. The van der Waals surface area contributed by atoms with Crippen LogP contribution in [0.5, 0.6) is 0 Å². The van der Waals surface area contributed by atoms with Gasteiger partial charge in [0, 0.05) is 17.1 Å². The Labute approximate surface area is 186 Å². The van der Waals surface area contributed by atoms with E-state index in [0.717, 1.165) is 35.9 Å². The van der Waals surface area contributed by atoms with Gasteiger partial charge >= 0.3 is 0 Å². The molecule has 0 bridgehead atoms. The second-order valence-electron chi connectivity index (χ2n) is 6.80. The van der Waals surface area contributed by atoms with Gasteiger partial charge in [-0.1, -0.05) is 35.0 Å². The summed E-state index contributed by atoms with van der Waals surface area (Å²) >= 11 is 14.8. The van der Waals surface area contributed by atoms with E-state index in [1.807, 2.05) is 6.92 Å². The summed E-state index contributed by atoms with van der Waals surface area (Å²) in [5.74, 6) is -0.0561. The van der Waals surface area contributed by atoms with E-state index >= 15 is 0 Å². The Morgan fingerprint density at radius 2 is 2.07 bits per heavy atom. The highest BCUT2D eigenvalue weighted by molar-refractivity contribution is 7.99. The number of rotatable bonds is 5. The van der Waals surface area contributed by atoms with Crippen LogP contribution in [0.3, 0.4) is 0 Å². The number of anilines is 1. The van der Waals surface area contributed by atoms with Crippen LogP contribution < -0.4 is 10.9 Å². The molecule has 1 aromatic carbocycles. The Balaban J connectivity index is 1.56. The van der Waals surface area contributed by atoms with Crippen LogP contribution >= 0.6 is 46.3 Å². The molecule has 0 aliphatic heterocycles. The van der Waals surface area contributed by atoms with Crippen LogP contribution in [0.4, 0.5) is 5.69 Å².